The summed E-state index contributed by atoms with van der Waals surface area (Å²) in [5.74, 6) is 0.820. The molecule has 0 bridgehead atoms. The molecule has 1 aromatic rings. The van der Waals surface area contributed by atoms with Crippen molar-refractivity contribution in [3.8, 4) is 0 Å². The summed E-state index contributed by atoms with van der Waals surface area (Å²) in [5.41, 5.74) is 1.37. The third-order valence-electron chi connectivity index (χ3n) is 4.68. The van der Waals surface area contributed by atoms with Gasteiger partial charge in [-0.1, -0.05) is 30.3 Å². The third kappa shape index (κ3) is 3.81. The van der Waals surface area contributed by atoms with Crippen LogP contribution in [0, 0.1) is 5.92 Å². The molecule has 3 unspecified atom stereocenters. The summed E-state index contributed by atoms with van der Waals surface area (Å²) in [6, 6.07) is 11.6. The fraction of sp³-hybridized carbons (Fsp3) is 0.647. The van der Waals surface area contributed by atoms with E-state index >= 15 is 0 Å². The molecule has 3 nitrogen and oxygen atoms in total. The van der Waals surface area contributed by atoms with E-state index in [4.69, 9.17) is 0 Å². The number of likely N-dealkylation sites (N-methyl/N-ethyl adjacent to an activating group) is 2. The molecule has 0 aromatic heterocycles. The summed E-state index contributed by atoms with van der Waals surface area (Å²) >= 11 is 0. The zero-order chi connectivity index (χ0) is 14.5. The number of nitrogens with one attached hydrogen (secondary N) is 1. The van der Waals surface area contributed by atoms with Gasteiger partial charge >= 0.3 is 0 Å². The molecule has 2 rings (SSSR count). The van der Waals surface area contributed by atoms with Crippen LogP contribution in [0.5, 0.6) is 0 Å². The van der Waals surface area contributed by atoms with Crippen molar-refractivity contribution in [1.82, 2.24) is 15.1 Å². The molecule has 1 aliphatic rings. The lowest BCUT2D eigenvalue weighted by molar-refractivity contribution is 0.183. The maximum atomic E-state index is 3.48. The molecule has 1 aromatic carbocycles. The van der Waals surface area contributed by atoms with Gasteiger partial charge in [0.15, 0.2) is 0 Å². The molecule has 1 N–H and O–H groups in total. The topological polar surface area (TPSA) is 18.5 Å². The van der Waals surface area contributed by atoms with Gasteiger partial charge in [0.2, 0.25) is 0 Å². The van der Waals surface area contributed by atoms with E-state index in [1.807, 2.05) is 0 Å². The van der Waals surface area contributed by atoms with Gasteiger partial charge in [0.1, 0.15) is 0 Å². The molecule has 1 heterocycles. The van der Waals surface area contributed by atoms with Crippen LogP contribution in [0.15, 0.2) is 30.3 Å². The van der Waals surface area contributed by atoms with Crippen LogP contribution in [-0.2, 0) is 0 Å². The van der Waals surface area contributed by atoms with Crippen molar-refractivity contribution in [2.24, 2.45) is 5.92 Å². The summed E-state index contributed by atoms with van der Waals surface area (Å²) in [5, 5.41) is 3.48. The number of benzene rings is 1. The molecule has 0 amide bonds. The maximum Gasteiger partial charge on any atom is 0.0472 e. The highest BCUT2D eigenvalue weighted by Gasteiger charge is 2.26. The Morgan fingerprint density at radius 3 is 2.60 bits per heavy atom. The van der Waals surface area contributed by atoms with Gasteiger partial charge in [0, 0.05) is 25.2 Å². The van der Waals surface area contributed by atoms with Crippen molar-refractivity contribution in [2.75, 3.05) is 40.8 Å². The Kier molecular flexibility index (Phi) is 5.58. The molecule has 1 saturated heterocycles. The second kappa shape index (κ2) is 7.21. The molecule has 1 fully saturated rings. The summed E-state index contributed by atoms with van der Waals surface area (Å²) in [6.45, 7) is 6.01. The van der Waals surface area contributed by atoms with Crippen molar-refractivity contribution in [3.63, 3.8) is 0 Å². The van der Waals surface area contributed by atoms with Crippen LogP contribution in [0.2, 0.25) is 0 Å². The van der Waals surface area contributed by atoms with Crippen LogP contribution in [0.1, 0.15) is 24.9 Å². The zero-order valence-electron chi connectivity index (χ0n) is 13.3. The molecular weight excluding hydrogens is 246 g/mol. The lowest BCUT2D eigenvalue weighted by atomic mass is 9.98. The molecule has 1 aliphatic heterocycles. The number of likely N-dealkylation sites (tertiary alicyclic amines) is 1. The minimum Gasteiger partial charge on any atom is -0.312 e. The first kappa shape index (κ1) is 15.5. The zero-order valence-corrected chi connectivity index (χ0v) is 13.3. The van der Waals surface area contributed by atoms with E-state index < -0.39 is 0 Å². The predicted octanol–water partition coefficient (Wildman–Crippen LogP) is 2.22. The lowest BCUT2D eigenvalue weighted by Gasteiger charge is -2.33. The van der Waals surface area contributed by atoms with Crippen molar-refractivity contribution in [3.05, 3.63) is 35.9 Å². The average molecular weight is 275 g/mol. The van der Waals surface area contributed by atoms with Crippen LogP contribution in [0.25, 0.3) is 0 Å². The van der Waals surface area contributed by atoms with E-state index in [1.165, 1.54) is 31.6 Å². The number of hydrogen-bond donors (Lipinski definition) is 1. The molecule has 20 heavy (non-hydrogen) atoms. The second-order valence-electron chi connectivity index (χ2n) is 6.27. The molecule has 0 spiro atoms. The molecule has 0 aliphatic carbocycles. The standard InChI is InChI=1S/C17H29N3/c1-14(17(18-2)16-8-6-5-7-9-16)20(4)13-15-10-11-19(3)12-15/h5-9,14-15,17-18H,10-13H2,1-4H3. The van der Waals surface area contributed by atoms with Crippen LogP contribution in [0.4, 0.5) is 0 Å². The van der Waals surface area contributed by atoms with Gasteiger partial charge < -0.3 is 15.1 Å². The van der Waals surface area contributed by atoms with Crippen LogP contribution in [-0.4, -0.2) is 56.6 Å². The van der Waals surface area contributed by atoms with E-state index in [9.17, 15) is 0 Å². The Labute approximate surface area is 124 Å². The number of hydrogen-bond acceptors (Lipinski definition) is 3. The average Bonchev–Trinajstić information content (AvgIpc) is 2.86. The van der Waals surface area contributed by atoms with Crippen molar-refractivity contribution in [1.29, 1.82) is 0 Å². The van der Waals surface area contributed by atoms with Gasteiger partial charge in [0.25, 0.3) is 0 Å². The summed E-state index contributed by atoms with van der Waals surface area (Å²) < 4.78 is 0. The highest BCUT2D eigenvalue weighted by atomic mass is 15.2. The van der Waals surface area contributed by atoms with E-state index in [-0.39, 0.29) is 0 Å². The summed E-state index contributed by atoms with van der Waals surface area (Å²) in [7, 11) is 6.55. The van der Waals surface area contributed by atoms with Gasteiger partial charge in [-0.2, -0.15) is 0 Å². The first-order chi connectivity index (χ1) is 9.61. The van der Waals surface area contributed by atoms with Crippen LogP contribution in [0.3, 0.4) is 0 Å². The number of nitrogens with zero attached hydrogens (tertiary/aromatic N) is 2. The normalized spacial score (nSPS) is 23.1. The van der Waals surface area contributed by atoms with Gasteiger partial charge in [-0.05, 0) is 52.5 Å². The lowest BCUT2D eigenvalue weighted by Crippen LogP contribution is -2.42. The van der Waals surface area contributed by atoms with E-state index in [1.54, 1.807) is 0 Å². The van der Waals surface area contributed by atoms with E-state index in [2.05, 4.69) is 73.5 Å². The van der Waals surface area contributed by atoms with Crippen LogP contribution >= 0.6 is 0 Å². The molecule has 3 heteroatoms. The van der Waals surface area contributed by atoms with Gasteiger partial charge in [-0.15, -0.1) is 0 Å². The first-order valence-corrected chi connectivity index (χ1v) is 7.72. The maximum absolute atomic E-state index is 3.48. The Balaban J connectivity index is 1.95. The molecule has 0 saturated carbocycles. The predicted molar refractivity (Wildman–Crippen MR) is 85.9 cm³/mol. The summed E-state index contributed by atoms with van der Waals surface area (Å²) in [4.78, 5) is 4.95. The highest BCUT2D eigenvalue weighted by molar-refractivity contribution is 5.20. The largest absolute Gasteiger partial charge is 0.312 e. The second-order valence-corrected chi connectivity index (χ2v) is 6.27. The van der Waals surface area contributed by atoms with E-state index in [0.717, 1.165) is 5.92 Å². The molecular formula is C17H29N3. The van der Waals surface area contributed by atoms with Gasteiger partial charge in [-0.3, -0.25) is 0 Å². The van der Waals surface area contributed by atoms with Crippen molar-refractivity contribution in [2.45, 2.75) is 25.4 Å². The fourth-order valence-corrected chi connectivity index (χ4v) is 3.35. The Morgan fingerprint density at radius 1 is 1.35 bits per heavy atom. The molecule has 3 atom stereocenters. The van der Waals surface area contributed by atoms with Crippen LogP contribution < -0.4 is 5.32 Å². The van der Waals surface area contributed by atoms with E-state index in [0.29, 0.717) is 12.1 Å². The van der Waals surface area contributed by atoms with Crippen molar-refractivity contribution >= 4 is 0 Å². The van der Waals surface area contributed by atoms with Gasteiger partial charge in [0.05, 0.1) is 0 Å². The smallest absolute Gasteiger partial charge is 0.0472 e. The molecule has 0 radical (unpaired) electrons. The highest BCUT2D eigenvalue weighted by Crippen LogP contribution is 2.22. The minimum absolute atomic E-state index is 0.389. The Hall–Kier alpha value is -0.900. The SMILES string of the molecule is CNC(c1ccccc1)C(C)N(C)CC1CCN(C)C1. The monoisotopic (exact) mass is 275 g/mol. The van der Waals surface area contributed by atoms with Gasteiger partial charge in [-0.25, -0.2) is 0 Å². The van der Waals surface area contributed by atoms with Crippen molar-refractivity contribution < 1.29 is 0 Å². The minimum atomic E-state index is 0.389. The third-order valence-corrected chi connectivity index (χ3v) is 4.68. The molecule has 112 valence electrons. The Bertz CT molecular complexity index is 392. The Morgan fingerprint density at radius 2 is 2.05 bits per heavy atom. The fourth-order valence-electron chi connectivity index (χ4n) is 3.35. The number of rotatable bonds is 6. The first-order valence-electron chi connectivity index (χ1n) is 7.72. The quantitative estimate of drug-likeness (QED) is 0.859. The summed E-state index contributed by atoms with van der Waals surface area (Å²) in [6.07, 6.45) is 1.34.